The molecule has 3 heterocycles. The number of anilines is 1. The van der Waals surface area contributed by atoms with Gasteiger partial charge in [-0.05, 0) is 56.6 Å². The Balaban J connectivity index is 1.55. The SMILES string of the molecule is C[C@@H](Oc1cc(C2=CN(C3CCNCC3)NC2)cnc1N)c1c(Cl)ccc(F)c1Cl. The molecule has 1 saturated heterocycles. The summed E-state index contributed by atoms with van der Waals surface area (Å²) < 4.78 is 19.9. The maximum absolute atomic E-state index is 13.9. The first-order chi connectivity index (χ1) is 14.4. The second-order valence-corrected chi connectivity index (χ2v) is 8.29. The highest BCUT2D eigenvalue weighted by atomic mass is 35.5. The zero-order valence-electron chi connectivity index (χ0n) is 16.6. The zero-order chi connectivity index (χ0) is 21.3. The summed E-state index contributed by atoms with van der Waals surface area (Å²) in [6.45, 7) is 4.49. The van der Waals surface area contributed by atoms with Gasteiger partial charge in [-0.3, -0.25) is 0 Å². The molecule has 1 atom stereocenters. The van der Waals surface area contributed by atoms with Crippen molar-refractivity contribution in [3.8, 4) is 5.75 Å². The maximum atomic E-state index is 13.9. The second-order valence-electron chi connectivity index (χ2n) is 7.50. The molecule has 0 aliphatic carbocycles. The number of ether oxygens (including phenoxy) is 1. The summed E-state index contributed by atoms with van der Waals surface area (Å²) in [5.41, 5.74) is 11.9. The summed E-state index contributed by atoms with van der Waals surface area (Å²) in [7, 11) is 0. The van der Waals surface area contributed by atoms with Crippen molar-refractivity contribution < 1.29 is 9.13 Å². The molecule has 0 saturated carbocycles. The van der Waals surface area contributed by atoms with Gasteiger partial charge in [-0.2, -0.15) is 0 Å². The smallest absolute Gasteiger partial charge is 0.166 e. The predicted molar refractivity (Wildman–Crippen MR) is 118 cm³/mol. The summed E-state index contributed by atoms with van der Waals surface area (Å²) in [6.07, 6.45) is 5.43. The van der Waals surface area contributed by atoms with Crippen LogP contribution in [0.5, 0.6) is 5.75 Å². The number of halogens is 3. The van der Waals surface area contributed by atoms with Gasteiger partial charge in [0.15, 0.2) is 11.6 Å². The van der Waals surface area contributed by atoms with Gasteiger partial charge >= 0.3 is 0 Å². The molecule has 4 N–H and O–H groups in total. The summed E-state index contributed by atoms with van der Waals surface area (Å²) in [6, 6.07) is 5.00. The van der Waals surface area contributed by atoms with E-state index in [2.05, 4.69) is 26.9 Å². The van der Waals surface area contributed by atoms with Crippen molar-refractivity contribution >= 4 is 34.6 Å². The third-order valence-electron chi connectivity index (χ3n) is 5.49. The Morgan fingerprint density at radius 1 is 1.30 bits per heavy atom. The Morgan fingerprint density at radius 3 is 2.83 bits per heavy atom. The Kier molecular flexibility index (Phi) is 6.34. The Hall–Kier alpha value is -2.06. The van der Waals surface area contributed by atoms with Crippen LogP contribution >= 0.6 is 23.2 Å². The van der Waals surface area contributed by atoms with Crippen LogP contribution in [0.25, 0.3) is 5.57 Å². The number of nitrogens with zero attached hydrogens (tertiary/aromatic N) is 2. The molecule has 2 aromatic rings. The highest BCUT2D eigenvalue weighted by Gasteiger charge is 2.24. The van der Waals surface area contributed by atoms with Gasteiger partial charge in [0.2, 0.25) is 0 Å². The Labute approximate surface area is 185 Å². The molecule has 2 aliphatic rings. The van der Waals surface area contributed by atoms with E-state index in [0.29, 0.717) is 28.9 Å². The fourth-order valence-corrected chi connectivity index (χ4v) is 4.50. The quantitative estimate of drug-likeness (QED) is 0.592. The number of hydrazine groups is 1. The van der Waals surface area contributed by atoms with E-state index in [-0.39, 0.29) is 10.8 Å². The molecule has 0 unspecified atom stereocenters. The zero-order valence-corrected chi connectivity index (χ0v) is 18.1. The van der Waals surface area contributed by atoms with Crippen molar-refractivity contribution in [3.05, 3.63) is 57.6 Å². The monoisotopic (exact) mass is 451 g/mol. The molecule has 0 bridgehead atoms. The first kappa shape index (κ1) is 21.2. The number of nitrogen functional groups attached to an aromatic ring is 1. The fraction of sp³-hybridized carbons (Fsp3) is 0.381. The lowest BCUT2D eigenvalue weighted by Gasteiger charge is -2.31. The second kappa shape index (κ2) is 8.98. The summed E-state index contributed by atoms with van der Waals surface area (Å²) in [5, 5.41) is 5.84. The van der Waals surface area contributed by atoms with Gasteiger partial charge in [0.05, 0.1) is 5.02 Å². The maximum Gasteiger partial charge on any atom is 0.166 e. The van der Waals surface area contributed by atoms with Crippen molar-refractivity contribution in [2.75, 3.05) is 25.4 Å². The Morgan fingerprint density at radius 2 is 2.07 bits per heavy atom. The van der Waals surface area contributed by atoms with Crippen LogP contribution in [-0.2, 0) is 0 Å². The largest absolute Gasteiger partial charge is 0.482 e. The van der Waals surface area contributed by atoms with Crippen LogP contribution < -0.4 is 21.2 Å². The van der Waals surface area contributed by atoms with Crippen molar-refractivity contribution in [2.24, 2.45) is 0 Å². The molecule has 0 radical (unpaired) electrons. The minimum absolute atomic E-state index is 0.0574. The van der Waals surface area contributed by atoms with E-state index in [1.54, 1.807) is 13.1 Å². The molecule has 2 aliphatic heterocycles. The molecule has 4 rings (SSSR count). The average molecular weight is 452 g/mol. The summed E-state index contributed by atoms with van der Waals surface area (Å²) in [5.74, 6) is 0.0974. The molecule has 1 aromatic carbocycles. The van der Waals surface area contributed by atoms with Crippen LogP contribution in [0.15, 0.2) is 30.6 Å². The number of benzene rings is 1. The number of piperidine rings is 1. The number of pyridine rings is 1. The topological polar surface area (TPSA) is 75.4 Å². The van der Waals surface area contributed by atoms with E-state index >= 15 is 0 Å². The molecule has 160 valence electrons. The molecule has 0 amide bonds. The standard InChI is InChI=1S/C21H24Cl2FN5O/c1-12(19-16(22)2-3-17(24)20(19)23)30-18-8-13(9-27-21(18)25)14-10-28-29(11-14)15-4-6-26-7-5-15/h2-3,8-9,11-12,15,26,28H,4-7,10H2,1H3,(H2,25,27)/t12-/m1/s1. The third kappa shape index (κ3) is 4.34. The number of hydrogen-bond acceptors (Lipinski definition) is 6. The number of rotatable bonds is 5. The molecule has 0 spiro atoms. The van der Waals surface area contributed by atoms with Crippen LogP contribution in [0.2, 0.25) is 10.0 Å². The van der Waals surface area contributed by atoms with Crippen LogP contribution in [0.4, 0.5) is 10.2 Å². The van der Waals surface area contributed by atoms with Crippen LogP contribution in [0.1, 0.15) is 37.0 Å². The van der Waals surface area contributed by atoms with Crippen LogP contribution in [0, 0.1) is 5.82 Å². The summed E-state index contributed by atoms with van der Waals surface area (Å²) in [4.78, 5) is 4.29. The Bertz CT molecular complexity index is 965. The van der Waals surface area contributed by atoms with Crippen molar-refractivity contribution in [1.29, 1.82) is 0 Å². The highest BCUT2D eigenvalue weighted by molar-refractivity contribution is 6.36. The van der Waals surface area contributed by atoms with Gasteiger partial charge < -0.3 is 20.8 Å². The molecular weight excluding hydrogens is 428 g/mol. The van der Waals surface area contributed by atoms with Gasteiger partial charge in [0.25, 0.3) is 0 Å². The number of nitrogens with two attached hydrogens (primary N) is 1. The first-order valence-corrected chi connectivity index (χ1v) is 10.7. The van der Waals surface area contributed by atoms with Gasteiger partial charge in [0, 0.05) is 41.1 Å². The molecule has 1 aromatic heterocycles. The van der Waals surface area contributed by atoms with Crippen LogP contribution in [-0.4, -0.2) is 35.7 Å². The fourth-order valence-electron chi connectivity index (χ4n) is 3.82. The predicted octanol–water partition coefficient (Wildman–Crippen LogP) is 4.16. The molecule has 30 heavy (non-hydrogen) atoms. The van der Waals surface area contributed by atoms with E-state index in [4.69, 9.17) is 33.7 Å². The lowest BCUT2D eigenvalue weighted by molar-refractivity contribution is 0.182. The average Bonchev–Trinajstić information content (AvgIpc) is 3.24. The molecule has 9 heteroatoms. The van der Waals surface area contributed by atoms with Gasteiger partial charge in [0.1, 0.15) is 11.9 Å². The van der Waals surface area contributed by atoms with Crippen LogP contribution in [0.3, 0.4) is 0 Å². The number of aromatic nitrogens is 1. The van der Waals surface area contributed by atoms with Crippen molar-refractivity contribution in [1.82, 2.24) is 20.7 Å². The minimum Gasteiger partial charge on any atom is -0.482 e. The van der Waals surface area contributed by atoms with E-state index in [0.717, 1.165) is 37.1 Å². The minimum atomic E-state index is -0.609. The highest BCUT2D eigenvalue weighted by Crippen LogP contribution is 2.36. The molecular formula is C21H24Cl2FN5O. The van der Waals surface area contributed by atoms with E-state index in [1.807, 2.05) is 6.07 Å². The van der Waals surface area contributed by atoms with Gasteiger partial charge in [-0.25, -0.2) is 14.8 Å². The molecule has 6 nitrogen and oxygen atoms in total. The first-order valence-electron chi connectivity index (χ1n) is 9.93. The van der Waals surface area contributed by atoms with Gasteiger partial charge in [-0.15, -0.1) is 0 Å². The lowest BCUT2D eigenvalue weighted by Crippen LogP contribution is -2.44. The number of nitrogens with one attached hydrogen (secondary N) is 2. The number of hydrogen-bond donors (Lipinski definition) is 3. The van der Waals surface area contributed by atoms with E-state index in [1.165, 1.54) is 12.1 Å². The lowest BCUT2D eigenvalue weighted by atomic mass is 10.1. The van der Waals surface area contributed by atoms with Gasteiger partial charge in [-0.1, -0.05) is 23.2 Å². The van der Waals surface area contributed by atoms with Crippen molar-refractivity contribution in [3.63, 3.8) is 0 Å². The third-order valence-corrected chi connectivity index (χ3v) is 6.21. The van der Waals surface area contributed by atoms with E-state index < -0.39 is 11.9 Å². The molecule has 1 fully saturated rings. The van der Waals surface area contributed by atoms with Crippen molar-refractivity contribution in [2.45, 2.75) is 31.9 Å². The summed E-state index contributed by atoms with van der Waals surface area (Å²) >= 11 is 12.3. The van der Waals surface area contributed by atoms with E-state index in [9.17, 15) is 4.39 Å². The normalized spacial score (nSPS) is 18.4.